The molecule has 0 spiro atoms. The van der Waals surface area contributed by atoms with Gasteiger partial charge in [0.15, 0.2) is 0 Å². The zero-order chi connectivity index (χ0) is 12.5. The van der Waals surface area contributed by atoms with Crippen LogP contribution in [0.25, 0.3) is 0 Å². The summed E-state index contributed by atoms with van der Waals surface area (Å²) in [7, 11) is 1.36. The Balaban J connectivity index is 1.54. The van der Waals surface area contributed by atoms with Crippen molar-refractivity contribution in [1.29, 1.82) is 0 Å². The number of methoxy groups -OCH3 is 1. The lowest BCUT2D eigenvalue weighted by Gasteiger charge is -2.22. The molecule has 1 aromatic rings. The van der Waals surface area contributed by atoms with Crippen molar-refractivity contribution in [3.8, 4) is 0 Å². The fourth-order valence-corrected chi connectivity index (χ4v) is 3.41. The molecule has 0 saturated heterocycles. The Kier molecular flexibility index (Phi) is 3.12. The Hall–Kier alpha value is -1.29. The second-order valence-electron chi connectivity index (χ2n) is 5.42. The lowest BCUT2D eigenvalue weighted by molar-refractivity contribution is 0.0562. The highest BCUT2D eigenvalue weighted by Gasteiger charge is 2.39. The van der Waals surface area contributed by atoms with Crippen LogP contribution in [0.2, 0.25) is 0 Å². The van der Waals surface area contributed by atoms with Crippen LogP contribution in [0.3, 0.4) is 0 Å². The highest BCUT2D eigenvalue weighted by Crippen LogP contribution is 2.44. The first kappa shape index (κ1) is 11.8. The van der Waals surface area contributed by atoms with E-state index in [1.54, 1.807) is 6.07 Å². The largest absolute Gasteiger partial charge is 0.463 e. The van der Waals surface area contributed by atoms with Crippen LogP contribution in [0.1, 0.15) is 42.0 Å². The summed E-state index contributed by atoms with van der Waals surface area (Å²) in [6.45, 7) is 0.699. The van der Waals surface area contributed by atoms with Gasteiger partial charge in [-0.2, -0.15) is 0 Å². The number of carbonyl (C=O) groups excluding carboxylic acids is 1. The SMILES string of the molecule is COC(=O)c1ccc(CNC2CC3CCC2C3)o1. The minimum Gasteiger partial charge on any atom is -0.463 e. The number of hydrogen-bond donors (Lipinski definition) is 1. The molecule has 0 amide bonds. The number of esters is 1. The van der Waals surface area contributed by atoms with E-state index < -0.39 is 5.97 Å². The van der Waals surface area contributed by atoms with Crippen LogP contribution < -0.4 is 5.32 Å². The number of rotatable bonds is 4. The zero-order valence-corrected chi connectivity index (χ0v) is 10.6. The second-order valence-corrected chi connectivity index (χ2v) is 5.42. The molecule has 3 unspecified atom stereocenters. The predicted molar refractivity (Wildman–Crippen MR) is 66.1 cm³/mol. The van der Waals surface area contributed by atoms with E-state index in [0.29, 0.717) is 12.6 Å². The van der Waals surface area contributed by atoms with E-state index in [0.717, 1.165) is 17.6 Å². The monoisotopic (exact) mass is 249 g/mol. The van der Waals surface area contributed by atoms with Crippen molar-refractivity contribution in [3.05, 3.63) is 23.7 Å². The number of nitrogens with one attached hydrogen (secondary N) is 1. The lowest BCUT2D eigenvalue weighted by atomic mass is 9.95. The minimum atomic E-state index is -0.416. The van der Waals surface area contributed by atoms with Gasteiger partial charge in [0.2, 0.25) is 5.76 Å². The summed E-state index contributed by atoms with van der Waals surface area (Å²) in [5, 5.41) is 3.55. The van der Waals surface area contributed by atoms with Gasteiger partial charge in [0.05, 0.1) is 13.7 Å². The zero-order valence-electron chi connectivity index (χ0n) is 10.6. The molecule has 2 aliphatic rings. The lowest BCUT2D eigenvalue weighted by Crippen LogP contribution is -2.33. The number of ether oxygens (including phenoxy) is 1. The molecule has 3 atom stereocenters. The predicted octanol–water partition coefficient (Wildman–Crippen LogP) is 2.34. The molecule has 0 radical (unpaired) electrons. The molecule has 0 aromatic carbocycles. The fourth-order valence-electron chi connectivity index (χ4n) is 3.41. The standard InChI is InChI=1S/C14H19NO3/c1-17-14(16)13-5-4-11(18-13)8-15-12-7-9-2-3-10(12)6-9/h4-5,9-10,12,15H,2-3,6-8H2,1H3. The minimum absolute atomic E-state index is 0.280. The summed E-state index contributed by atoms with van der Waals surface area (Å²) in [5.74, 6) is 2.46. The summed E-state index contributed by atoms with van der Waals surface area (Å²) in [6, 6.07) is 4.14. The third kappa shape index (κ3) is 2.17. The Morgan fingerprint density at radius 2 is 2.33 bits per heavy atom. The molecule has 3 rings (SSSR count). The van der Waals surface area contributed by atoms with E-state index in [4.69, 9.17) is 4.42 Å². The van der Waals surface area contributed by atoms with Gasteiger partial charge in [-0.25, -0.2) is 4.79 Å². The van der Waals surface area contributed by atoms with Crippen molar-refractivity contribution < 1.29 is 13.9 Å². The van der Waals surface area contributed by atoms with Gasteiger partial charge in [0, 0.05) is 6.04 Å². The molecule has 4 nitrogen and oxygen atoms in total. The van der Waals surface area contributed by atoms with Gasteiger partial charge in [-0.1, -0.05) is 6.42 Å². The summed E-state index contributed by atoms with van der Waals surface area (Å²) in [6.07, 6.45) is 5.47. The maximum absolute atomic E-state index is 11.3. The van der Waals surface area contributed by atoms with Crippen molar-refractivity contribution in [2.75, 3.05) is 7.11 Å². The Labute approximate surface area is 107 Å². The van der Waals surface area contributed by atoms with Crippen molar-refractivity contribution >= 4 is 5.97 Å². The van der Waals surface area contributed by atoms with Gasteiger partial charge in [0.25, 0.3) is 0 Å². The third-order valence-electron chi connectivity index (χ3n) is 4.32. The maximum Gasteiger partial charge on any atom is 0.373 e. The highest BCUT2D eigenvalue weighted by atomic mass is 16.5. The van der Waals surface area contributed by atoms with Gasteiger partial charge in [-0.05, 0) is 43.2 Å². The van der Waals surface area contributed by atoms with E-state index in [9.17, 15) is 4.79 Å². The third-order valence-corrected chi connectivity index (χ3v) is 4.32. The van der Waals surface area contributed by atoms with Gasteiger partial charge in [0.1, 0.15) is 5.76 Å². The van der Waals surface area contributed by atoms with Gasteiger partial charge in [-0.3, -0.25) is 0 Å². The number of fused-ring (bicyclic) bond motifs is 2. The molecule has 2 aliphatic carbocycles. The van der Waals surface area contributed by atoms with Crippen LogP contribution >= 0.6 is 0 Å². The number of furan rings is 1. The van der Waals surface area contributed by atoms with Crippen molar-refractivity contribution in [3.63, 3.8) is 0 Å². The van der Waals surface area contributed by atoms with E-state index in [1.807, 2.05) is 6.07 Å². The first-order valence-electron chi connectivity index (χ1n) is 6.66. The Morgan fingerprint density at radius 3 is 3.00 bits per heavy atom. The maximum atomic E-state index is 11.3. The molecular weight excluding hydrogens is 230 g/mol. The molecule has 2 bridgehead atoms. The molecule has 1 N–H and O–H groups in total. The average molecular weight is 249 g/mol. The number of carbonyl (C=O) groups is 1. The molecule has 1 aromatic heterocycles. The van der Waals surface area contributed by atoms with Crippen LogP contribution in [0.15, 0.2) is 16.5 Å². The Bertz CT molecular complexity index is 440. The molecule has 98 valence electrons. The van der Waals surface area contributed by atoms with Crippen LogP contribution in [-0.4, -0.2) is 19.1 Å². The molecule has 1 heterocycles. The fraction of sp³-hybridized carbons (Fsp3) is 0.643. The summed E-state index contributed by atoms with van der Waals surface area (Å²) in [5.41, 5.74) is 0. The van der Waals surface area contributed by atoms with Crippen LogP contribution in [-0.2, 0) is 11.3 Å². The quantitative estimate of drug-likeness (QED) is 0.832. The molecule has 0 aliphatic heterocycles. The average Bonchev–Trinajstić information content (AvgIpc) is 3.10. The molecule has 4 heteroatoms. The smallest absolute Gasteiger partial charge is 0.373 e. The van der Waals surface area contributed by atoms with Crippen molar-refractivity contribution in [2.24, 2.45) is 11.8 Å². The normalized spacial score (nSPS) is 29.7. The topological polar surface area (TPSA) is 51.5 Å². The van der Waals surface area contributed by atoms with E-state index in [2.05, 4.69) is 10.1 Å². The van der Waals surface area contributed by atoms with E-state index in [-0.39, 0.29) is 5.76 Å². The van der Waals surface area contributed by atoms with Crippen molar-refractivity contribution in [2.45, 2.75) is 38.3 Å². The molecule has 2 fully saturated rings. The second kappa shape index (κ2) is 4.76. The van der Waals surface area contributed by atoms with Crippen LogP contribution in [0.5, 0.6) is 0 Å². The molecule has 18 heavy (non-hydrogen) atoms. The summed E-state index contributed by atoms with van der Waals surface area (Å²) in [4.78, 5) is 11.3. The van der Waals surface area contributed by atoms with Crippen LogP contribution in [0, 0.1) is 11.8 Å². The molecule has 2 saturated carbocycles. The number of hydrogen-bond acceptors (Lipinski definition) is 4. The molecular formula is C14H19NO3. The Morgan fingerprint density at radius 1 is 1.44 bits per heavy atom. The highest BCUT2D eigenvalue weighted by molar-refractivity contribution is 5.86. The van der Waals surface area contributed by atoms with Gasteiger partial charge < -0.3 is 14.5 Å². The van der Waals surface area contributed by atoms with Crippen molar-refractivity contribution in [1.82, 2.24) is 5.32 Å². The van der Waals surface area contributed by atoms with E-state index >= 15 is 0 Å². The van der Waals surface area contributed by atoms with Gasteiger partial charge >= 0.3 is 5.97 Å². The summed E-state index contributed by atoms with van der Waals surface area (Å²) < 4.78 is 10.1. The van der Waals surface area contributed by atoms with Gasteiger partial charge in [-0.15, -0.1) is 0 Å². The summed E-state index contributed by atoms with van der Waals surface area (Å²) >= 11 is 0. The van der Waals surface area contributed by atoms with E-state index in [1.165, 1.54) is 32.8 Å². The first-order valence-corrected chi connectivity index (χ1v) is 6.66. The van der Waals surface area contributed by atoms with Crippen LogP contribution in [0.4, 0.5) is 0 Å². The first-order chi connectivity index (χ1) is 8.76.